The quantitative estimate of drug-likeness (QED) is 0.442. The predicted octanol–water partition coefficient (Wildman–Crippen LogP) is 0.349. The summed E-state index contributed by atoms with van der Waals surface area (Å²) >= 11 is 0. The van der Waals surface area contributed by atoms with Gasteiger partial charge in [0.1, 0.15) is 48.5 Å². The Hall–Kier alpha value is -1.98. The van der Waals surface area contributed by atoms with Gasteiger partial charge in [-0.1, -0.05) is 20.3 Å². The number of hydrogen-bond donors (Lipinski definition) is 0. The van der Waals surface area contributed by atoms with Crippen molar-refractivity contribution in [1.82, 2.24) is 0 Å². The summed E-state index contributed by atoms with van der Waals surface area (Å²) in [4.78, 5) is 60.8. The van der Waals surface area contributed by atoms with Crippen LogP contribution in [0, 0.1) is 10.8 Å². The van der Waals surface area contributed by atoms with Crippen molar-refractivity contribution in [2.45, 2.75) is 33.1 Å². The highest BCUT2D eigenvalue weighted by atomic mass is 16.2. The molecule has 0 unspecified atom stereocenters. The summed E-state index contributed by atoms with van der Waals surface area (Å²) in [7, 11) is 0. The molecule has 0 aromatic rings. The molecule has 0 aliphatic carbocycles. The fourth-order valence-corrected chi connectivity index (χ4v) is 1.03. The lowest BCUT2D eigenvalue weighted by atomic mass is 9.89. The molecule has 0 heterocycles. The topological polar surface area (TPSA) is 102 Å². The Kier molecular flexibility index (Phi) is 10.2. The van der Waals surface area contributed by atoms with Crippen molar-refractivity contribution in [2.24, 2.45) is 10.8 Å². The molecule has 0 N–H and O–H groups in total. The lowest BCUT2D eigenvalue weighted by Gasteiger charge is -2.10. The fraction of sp³-hybridized carbons (Fsp3) is 0.538. The first-order valence-electron chi connectivity index (χ1n) is 5.77. The monoisotopic (exact) mass is 270 g/mol. The van der Waals surface area contributed by atoms with Gasteiger partial charge in [-0.25, -0.2) is 0 Å². The van der Waals surface area contributed by atoms with Crippen molar-refractivity contribution in [3.05, 3.63) is 0 Å². The van der Waals surface area contributed by atoms with Gasteiger partial charge in [0, 0.05) is 0 Å². The highest BCUT2D eigenvalue weighted by Gasteiger charge is 2.27. The second-order valence-electron chi connectivity index (χ2n) is 4.04. The van der Waals surface area contributed by atoms with Crippen LogP contribution in [0.5, 0.6) is 0 Å². The Balaban J connectivity index is 0. The molecule has 0 radical (unpaired) electrons. The minimum absolute atomic E-state index is 0.240. The number of hydrogen-bond acceptors (Lipinski definition) is 6. The smallest absolute Gasteiger partial charge is 0.140 e. The third-order valence-electron chi connectivity index (χ3n) is 2.61. The normalized spacial score (nSPS) is 10.4. The molecule has 0 atom stereocenters. The van der Waals surface area contributed by atoms with Crippen molar-refractivity contribution < 1.29 is 28.8 Å². The zero-order valence-electron chi connectivity index (χ0n) is 11.0. The summed E-state index contributed by atoms with van der Waals surface area (Å²) in [6.07, 6.45) is 3.50. The van der Waals surface area contributed by atoms with Gasteiger partial charge in [0.2, 0.25) is 0 Å². The van der Waals surface area contributed by atoms with E-state index < -0.39 is 10.8 Å². The lowest BCUT2D eigenvalue weighted by Crippen LogP contribution is -2.25. The van der Waals surface area contributed by atoms with Crippen LogP contribution in [0.3, 0.4) is 0 Å². The fourth-order valence-electron chi connectivity index (χ4n) is 1.03. The van der Waals surface area contributed by atoms with E-state index in [-0.39, 0.29) is 6.42 Å². The maximum Gasteiger partial charge on any atom is 0.140 e. The summed E-state index contributed by atoms with van der Waals surface area (Å²) in [6.45, 7) is 3.42. The average molecular weight is 270 g/mol. The van der Waals surface area contributed by atoms with Gasteiger partial charge in [-0.05, 0) is 12.8 Å². The number of carbonyl (C=O) groups excluding carboxylic acids is 6. The Morgan fingerprint density at radius 1 is 0.632 bits per heavy atom. The molecule has 0 fully saturated rings. The maximum atomic E-state index is 10.2. The molecule has 0 aliphatic heterocycles. The van der Waals surface area contributed by atoms with Gasteiger partial charge in [-0.15, -0.1) is 0 Å². The third-order valence-corrected chi connectivity index (χ3v) is 2.61. The molecule has 6 nitrogen and oxygen atoms in total. The highest BCUT2D eigenvalue weighted by molar-refractivity contribution is 6.02. The second-order valence-corrected chi connectivity index (χ2v) is 4.04. The summed E-state index contributed by atoms with van der Waals surface area (Å²) in [5.41, 5.74) is -2.74. The molecule has 0 aromatic heterocycles. The summed E-state index contributed by atoms with van der Waals surface area (Å²) in [5, 5.41) is 0. The van der Waals surface area contributed by atoms with Gasteiger partial charge in [0.25, 0.3) is 0 Å². The van der Waals surface area contributed by atoms with Crippen LogP contribution in [-0.2, 0) is 28.8 Å². The third kappa shape index (κ3) is 5.94. The van der Waals surface area contributed by atoms with Gasteiger partial charge < -0.3 is 28.8 Å². The van der Waals surface area contributed by atoms with Crippen molar-refractivity contribution in [3.63, 3.8) is 0 Å². The Bertz CT molecular complexity index is 290. The van der Waals surface area contributed by atoms with E-state index in [1.165, 1.54) is 0 Å². The van der Waals surface area contributed by atoms with E-state index in [1.54, 1.807) is 6.92 Å². The van der Waals surface area contributed by atoms with Crippen LogP contribution in [0.1, 0.15) is 33.1 Å². The number of aldehydes is 6. The average Bonchev–Trinajstić information content (AvgIpc) is 2.49. The summed E-state index contributed by atoms with van der Waals surface area (Å²) in [5.74, 6) is 0. The molecule has 0 aliphatic rings. The Labute approximate surface area is 111 Å². The first-order chi connectivity index (χ1) is 8.99. The van der Waals surface area contributed by atoms with Crippen molar-refractivity contribution in [3.8, 4) is 0 Å². The molecule has 19 heavy (non-hydrogen) atoms. The molecule has 0 amide bonds. The van der Waals surface area contributed by atoms with Crippen molar-refractivity contribution >= 4 is 37.7 Å². The van der Waals surface area contributed by atoms with E-state index in [2.05, 4.69) is 0 Å². The minimum atomic E-state index is -1.38. The van der Waals surface area contributed by atoms with Crippen molar-refractivity contribution in [2.75, 3.05) is 0 Å². The number of carbonyl (C=O) groups is 6. The molecule has 0 spiro atoms. The standard InChI is InChI=1S/C7H10O3.C6H8O3/c1-2-3-7(4-8,5-9)6-10;1-2-6(3-7,4-8)5-9/h4-6H,2-3H2,1H3;3-5H,2H2,1H3. The Morgan fingerprint density at radius 3 is 1.00 bits per heavy atom. The van der Waals surface area contributed by atoms with E-state index in [0.717, 1.165) is 0 Å². The van der Waals surface area contributed by atoms with E-state index >= 15 is 0 Å². The maximum absolute atomic E-state index is 10.2. The van der Waals surface area contributed by atoms with E-state index in [9.17, 15) is 28.8 Å². The molecule has 106 valence electrons. The molecule has 0 saturated carbocycles. The second kappa shape index (κ2) is 9.99. The zero-order chi connectivity index (χ0) is 15.4. The van der Waals surface area contributed by atoms with E-state index in [0.29, 0.717) is 50.6 Å². The van der Waals surface area contributed by atoms with Crippen LogP contribution in [0.4, 0.5) is 0 Å². The van der Waals surface area contributed by atoms with Crippen LogP contribution in [0.2, 0.25) is 0 Å². The number of rotatable bonds is 9. The van der Waals surface area contributed by atoms with Gasteiger partial charge in [0.15, 0.2) is 0 Å². The lowest BCUT2D eigenvalue weighted by molar-refractivity contribution is -0.135. The summed E-state index contributed by atoms with van der Waals surface area (Å²) in [6, 6.07) is 0. The van der Waals surface area contributed by atoms with Crippen LogP contribution >= 0.6 is 0 Å². The molecule has 0 bridgehead atoms. The van der Waals surface area contributed by atoms with Gasteiger partial charge in [-0.2, -0.15) is 0 Å². The minimum Gasteiger partial charge on any atom is -0.302 e. The Morgan fingerprint density at radius 2 is 0.947 bits per heavy atom. The molecule has 0 aromatic carbocycles. The van der Waals surface area contributed by atoms with Gasteiger partial charge in [0.05, 0.1) is 0 Å². The van der Waals surface area contributed by atoms with Crippen LogP contribution in [-0.4, -0.2) is 37.7 Å². The summed E-state index contributed by atoms with van der Waals surface area (Å²) < 4.78 is 0. The first-order valence-corrected chi connectivity index (χ1v) is 5.77. The molecule has 0 rings (SSSR count). The van der Waals surface area contributed by atoms with Crippen LogP contribution < -0.4 is 0 Å². The zero-order valence-corrected chi connectivity index (χ0v) is 11.0. The van der Waals surface area contributed by atoms with Gasteiger partial charge >= 0.3 is 0 Å². The largest absolute Gasteiger partial charge is 0.302 e. The van der Waals surface area contributed by atoms with Crippen LogP contribution in [0.15, 0.2) is 0 Å². The van der Waals surface area contributed by atoms with E-state index in [1.807, 2.05) is 6.92 Å². The highest BCUT2D eigenvalue weighted by Crippen LogP contribution is 2.14. The first kappa shape index (κ1) is 19.4. The predicted molar refractivity (Wildman–Crippen MR) is 66.4 cm³/mol. The van der Waals surface area contributed by atoms with E-state index in [4.69, 9.17) is 0 Å². The molecular weight excluding hydrogens is 252 g/mol. The molecular formula is C13H18O6. The molecule has 6 heteroatoms. The van der Waals surface area contributed by atoms with Crippen molar-refractivity contribution in [1.29, 1.82) is 0 Å². The van der Waals surface area contributed by atoms with Crippen LogP contribution in [0.25, 0.3) is 0 Å². The SMILES string of the molecule is CCC(C=O)(C=O)C=O.CCCC(C=O)(C=O)C=O. The molecule has 0 saturated heterocycles. The van der Waals surface area contributed by atoms with Gasteiger partial charge in [-0.3, -0.25) is 0 Å².